The van der Waals surface area contributed by atoms with Crippen LogP contribution in [0.3, 0.4) is 0 Å². The zero-order valence-electron chi connectivity index (χ0n) is 7.59. The SMILES string of the molecule is COc1c(O)cccc1[C](C)C. The molecule has 2 nitrogen and oxygen atoms in total. The highest BCUT2D eigenvalue weighted by molar-refractivity contribution is 5.50. The summed E-state index contributed by atoms with van der Waals surface area (Å²) in [5.74, 6) is 1.87. The molecule has 0 unspecified atom stereocenters. The predicted molar refractivity (Wildman–Crippen MR) is 48.4 cm³/mol. The summed E-state index contributed by atoms with van der Waals surface area (Å²) >= 11 is 0. The number of ether oxygens (including phenoxy) is 1. The molecular weight excluding hydrogens is 152 g/mol. The van der Waals surface area contributed by atoms with Gasteiger partial charge in [-0.25, -0.2) is 0 Å². The second-order valence-electron chi connectivity index (χ2n) is 2.86. The van der Waals surface area contributed by atoms with Crippen molar-refractivity contribution >= 4 is 0 Å². The Morgan fingerprint density at radius 3 is 2.42 bits per heavy atom. The van der Waals surface area contributed by atoms with E-state index in [0.29, 0.717) is 5.75 Å². The van der Waals surface area contributed by atoms with Gasteiger partial charge < -0.3 is 9.84 Å². The molecule has 1 aromatic rings. The molecule has 1 rings (SSSR count). The molecule has 2 heteroatoms. The van der Waals surface area contributed by atoms with Gasteiger partial charge in [0.2, 0.25) is 0 Å². The summed E-state index contributed by atoms with van der Waals surface area (Å²) in [5, 5.41) is 9.40. The lowest BCUT2D eigenvalue weighted by Gasteiger charge is -2.11. The number of phenols is 1. The highest BCUT2D eigenvalue weighted by atomic mass is 16.5. The fourth-order valence-electron chi connectivity index (χ4n) is 1.13. The van der Waals surface area contributed by atoms with Gasteiger partial charge in [0.15, 0.2) is 11.5 Å². The zero-order chi connectivity index (χ0) is 9.14. The summed E-state index contributed by atoms with van der Waals surface area (Å²) < 4.78 is 5.07. The maximum atomic E-state index is 9.40. The first-order valence-corrected chi connectivity index (χ1v) is 3.83. The number of aromatic hydroxyl groups is 1. The Bertz CT molecular complexity index is 267. The summed E-state index contributed by atoms with van der Waals surface area (Å²) in [7, 11) is 1.56. The Balaban J connectivity index is 3.18. The molecule has 1 N–H and O–H groups in total. The van der Waals surface area contributed by atoms with Gasteiger partial charge in [-0.15, -0.1) is 0 Å². The smallest absolute Gasteiger partial charge is 0.164 e. The maximum Gasteiger partial charge on any atom is 0.164 e. The number of phenolic OH excluding ortho intramolecular Hbond substituents is 1. The number of methoxy groups -OCH3 is 1. The lowest BCUT2D eigenvalue weighted by atomic mass is 10.0. The van der Waals surface area contributed by atoms with Gasteiger partial charge in [0.25, 0.3) is 0 Å². The third-order valence-corrected chi connectivity index (χ3v) is 1.74. The number of hydrogen-bond donors (Lipinski definition) is 1. The standard InChI is InChI=1S/C10H13O2/c1-7(2)8-5-4-6-9(11)10(8)12-3/h4-6,11H,1-3H3. The minimum absolute atomic E-state index is 0.191. The van der Waals surface area contributed by atoms with Crippen molar-refractivity contribution in [2.75, 3.05) is 7.11 Å². The van der Waals surface area contributed by atoms with E-state index in [4.69, 9.17) is 4.74 Å². The topological polar surface area (TPSA) is 29.5 Å². The lowest BCUT2D eigenvalue weighted by molar-refractivity contribution is 0.370. The van der Waals surface area contributed by atoms with Crippen molar-refractivity contribution in [3.05, 3.63) is 29.7 Å². The summed E-state index contributed by atoms with van der Waals surface area (Å²) in [6, 6.07) is 5.35. The number of hydrogen-bond acceptors (Lipinski definition) is 2. The van der Waals surface area contributed by atoms with Crippen molar-refractivity contribution in [1.82, 2.24) is 0 Å². The van der Waals surface area contributed by atoms with E-state index in [9.17, 15) is 5.11 Å². The molecule has 0 aromatic heterocycles. The lowest BCUT2D eigenvalue weighted by Crippen LogP contribution is -1.94. The molecule has 0 fully saturated rings. The third kappa shape index (κ3) is 1.52. The fourth-order valence-corrected chi connectivity index (χ4v) is 1.13. The maximum absolute atomic E-state index is 9.40. The first-order valence-electron chi connectivity index (χ1n) is 3.83. The van der Waals surface area contributed by atoms with E-state index in [1.807, 2.05) is 19.9 Å². The first-order chi connectivity index (χ1) is 5.66. The summed E-state index contributed by atoms with van der Waals surface area (Å²) in [6.07, 6.45) is 0. The van der Waals surface area contributed by atoms with E-state index in [-0.39, 0.29) is 5.75 Å². The highest BCUT2D eigenvalue weighted by Crippen LogP contribution is 2.33. The van der Waals surface area contributed by atoms with E-state index in [1.165, 1.54) is 0 Å². The molecule has 0 atom stereocenters. The quantitative estimate of drug-likeness (QED) is 0.729. The molecule has 0 saturated heterocycles. The van der Waals surface area contributed by atoms with Crippen LogP contribution in [0.5, 0.6) is 11.5 Å². The molecule has 0 aliphatic carbocycles. The summed E-state index contributed by atoms with van der Waals surface area (Å²) in [4.78, 5) is 0. The molecule has 65 valence electrons. The largest absolute Gasteiger partial charge is 0.504 e. The molecule has 0 heterocycles. The molecular formula is C10H13O2. The first kappa shape index (κ1) is 8.91. The Morgan fingerprint density at radius 2 is 2.00 bits per heavy atom. The fraction of sp³-hybridized carbons (Fsp3) is 0.300. The van der Waals surface area contributed by atoms with Crippen molar-refractivity contribution in [3.63, 3.8) is 0 Å². The van der Waals surface area contributed by atoms with E-state index < -0.39 is 0 Å². The van der Waals surface area contributed by atoms with E-state index >= 15 is 0 Å². The van der Waals surface area contributed by atoms with Crippen molar-refractivity contribution in [3.8, 4) is 11.5 Å². The van der Waals surface area contributed by atoms with Crippen LogP contribution in [0, 0.1) is 5.92 Å². The summed E-state index contributed by atoms with van der Waals surface area (Å²) in [5.41, 5.74) is 0.956. The van der Waals surface area contributed by atoms with E-state index in [2.05, 4.69) is 0 Å². The number of rotatable bonds is 2. The van der Waals surface area contributed by atoms with E-state index in [0.717, 1.165) is 11.5 Å². The Morgan fingerprint density at radius 1 is 1.33 bits per heavy atom. The van der Waals surface area contributed by atoms with Crippen LogP contribution in [0.15, 0.2) is 18.2 Å². The molecule has 1 aromatic carbocycles. The van der Waals surface area contributed by atoms with Crippen LogP contribution in [-0.4, -0.2) is 12.2 Å². The second kappa shape index (κ2) is 3.48. The van der Waals surface area contributed by atoms with Gasteiger partial charge in [-0.2, -0.15) is 0 Å². The minimum Gasteiger partial charge on any atom is -0.504 e. The highest BCUT2D eigenvalue weighted by Gasteiger charge is 2.10. The molecule has 12 heavy (non-hydrogen) atoms. The number of benzene rings is 1. The van der Waals surface area contributed by atoms with E-state index in [1.54, 1.807) is 19.2 Å². The Kier molecular flexibility index (Phi) is 2.58. The van der Waals surface area contributed by atoms with Crippen LogP contribution < -0.4 is 4.74 Å². The number of para-hydroxylation sites is 1. The third-order valence-electron chi connectivity index (χ3n) is 1.74. The van der Waals surface area contributed by atoms with Crippen LogP contribution in [0.4, 0.5) is 0 Å². The van der Waals surface area contributed by atoms with Crippen molar-refractivity contribution < 1.29 is 9.84 Å². The molecule has 1 radical (unpaired) electrons. The average molecular weight is 165 g/mol. The van der Waals surface area contributed by atoms with Crippen molar-refractivity contribution in [1.29, 1.82) is 0 Å². The summed E-state index contributed by atoms with van der Waals surface area (Å²) in [6.45, 7) is 3.97. The monoisotopic (exact) mass is 165 g/mol. The van der Waals surface area contributed by atoms with Crippen LogP contribution in [-0.2, 0) is 0 Å². The normalized spacial score (nSPS) is 10.3. The van der Waals surface area contributed by atoms with Gasteiger partial charge >= 0.3 is 0 Å². The van der Waals surface area contributed by atoms with Gasteiger partial charge in [-0.1, -0.05) is 26.0 Å². The molecule has 0 aliphatic rings. The van der Waals surface area contributed by atoms with Crippen LogP contribution in [0.1, 0.15) is 19.4 Å². The zero-order valence-corrected chi connectivity index (χ0v) is 7.59. The van der Waals surface area contributed by atoms with Gasteiger partial charge in [-0.3, -0.25) is 0 Å². The van der Waals surface area contributed by atoms with Crippen LogP contribution >= 0.6 is 0 Å². The average Bonchev–Trinajstić information content (AvgIpc) is 2.03. The Hall–Kier alpha value is -1.18. The van der Waals surface area contributed by atoms with Crippen molar-refractivity contribution in [2.45, 2.75) is 13.8 Å². The van der Waals surface area contributed by atoms with Gasteiger partial charge in [0.1, 0.15) is 0 Å². The molecule has 0 bridgehead atoms. The predicted octanol–water partition coefficient (Wildman–Crippen LogP) is 2.36. The van der Waals surface area contributed by atoms with Crippen LogP contribution in [0.25, 0.3) is 0 Å². The second-order valence-corrected chi connectivity index (χ2v) is 2.86. The molecule has 0 amide bonds. The van der Waals surface area contributed by atoms with Gasteiger partial charge in [0.05, 0.1) is 7.11 Å². The minimum atomic E-state index is 0.191. The van der Waals surface area contributed by atoms with Gasteiger partial charge in [0, 0.05) is 11.5 Å². The van der Waals surface area contributed by atoms with Gasteiger partial charge in [-0.05, 0) is 6.07 Å². The molecule has 0 spiro atoms. The van der Waals surface area contributed by atoms with Crippen LogP contribution in [0.2, 0.25) is 0 Å². The Labute approximate surface area is 72.8 Å². The molecule has 0 aliphatic heterocycles. The van der Waals surface area contributed by atoms with Crippen molar-refractivity contribution in [2.24, 2.45) is 0 Å². The molecule has 0 saturated carbocycles.